The zero-order valence-electron chi connectivity index (χ0n) is 8.87. The molecular formula is C10H17Cl2FN2. The van der Waals surface area contributed by atoms with E-state index < -0.39 is 0 Å². The molecular weight excluding hydrogens is 238 g/mol. The molecule has 1 rings (SSSR count). The van der Waals surface area contributed by atoms with Crippen molar-refractivity contribution < 1.29 is 4.39 Å². The highest BCUT2D eigenvalue weighted by Crippen LogP contribution is 2.18. The van der Waals surface area contributed by atoms with Crippen LogP contribution in [-0.4, -0.2) is 20.6 Å². The number of benzene rings is 1. The van der Waals surface area contributed by atoms with Crippen LogP contribution in [0, 0.1) is 5.82 Å². The molecule has 2 nitrogen and oxygen atoms in total. The third-order valence-electron chi connectivity index (χ3n) is 1.93. The minimum absolute atomic E-state index is 0. The summed E-state index contributed by atoms with van der Waals surface area (Å²) in [5.41, 5.74) is 6.94. The van der Waals surface area contributed by atoms with E-state index in [1.165, 1.54) is 0 Å². The van der Waals surface area contributed by atoms with Gasteiger partial charge in [0.15, 0.2) is 0 Å². The molecule has 88 valence electrons. The van der Waals surface area contributed by atoms with Gasteiger partial charge in [0.25, 0.3) is 0 Å². The lowest BCUT2D eigenvalue weighted by Gasteiger charge is -2.13. The van der Waals surface area contributed by atoms with Crippen molar-refractivity contribution in [2.75, 3.05) is 25.5 Å². The number of halogens is 3. The molecule has 0 aliphatic heterocycles. The second-order valence-corrected chi connectivity index (χ2v) is 3.22. The van der Waals surface area contributed by atoms with Crippen LogP contribution < -0.4 is 10.6 Å². The molecule has 0 aliphatic rings. The number of anilines is 1. The highest BCUT2D eigenvalue weighted by atomic mass is 35.5. The van der Waals surface area contributed by atoms with Crippen molar-refractivity contribution in [2.45, 2.75) is 6.42 Å². The lowest BCUT2D eigenvalue weighted by molar-refractivity contribution is 0.623. The van der Waals surface area contributed by atoms with Crippen LogP contribution in [0.4, 0.5) is 10.1 Å². The van der Waals surface area contributed by atoms with Crippen LogP contribution >= 0.6 is 24.8 Å². The van der Waals surface area contributed by atoms with E-state index in [4.69, 9.17) is 5.73 Å². The number of hydrogen-bond donors (Lipinski definition) is 1. The minimum atomic E-state index is -0.184. The quantitative estimate of drug-likeness (QED) is 0.897. The Bertz CT molecular complexity index is 293. The molecule has 0 fully saturated rings. The maximum atomic E-state index is 13.3. The molecule has 5 heteroatoms. The smallest absolute Gasteiger partial charge is 0.146 e. The van der Waals surface area contributed by atoms with Gasteiger partial charge in [0.2, 0.25) is 0 Å². The van der Waals surface area contributed by atoms with Crippen molar-refractivity contribution in [3.63, 3.8) is 0 Å². The first kappa shape index (κ1) is 16.9. The standard InChI is InChI=1S/C10H15FN2.2ClH/c1-13(2)10-4-3-8(5-6-12)7-9(10)11;;/h3-4,7H,5-6,12H2,1-2H3;2*1H. The molecule has 0 saturated carbocycles. The SMILES string of the molecule is CN(C)c1ccc(CCN)cc1F.Cl.Cl. The second kappa shape index (κ2) is 7.74. The van der Waals surface area contributed by atoms with Gasteiger partial charge in [0, 0.05) is 14.1 Å². The molecule has 0 amide bonds. The summed E-state index contributed by atoms with van der Waals surface area (Å²) in [6, 6.07) is 5.23. The van der Waals surface area contributed by atoms with E-state index in [9.17, 15) is 4.39 Å². The predicted molar refractivity (Wildman–Crippen MR) is 68.0 cm³/mol. The molecule has 0 aromatic heterocycles. The van der Waals surface area contributed by atoms with Gasteiger partial charge < -0.3 is 10.6 Å². The predicted octanol–water partition coefficient (Wildman–Crippen LogP) is 2.24. The van der Waals surface area contributed by atoms with Gasteiger partial charge in [0.05, 0.1) is 5.69 Å². The molecule has 0 radical (unpaired) electrons. The lowest BCUT2D eigenvalue weighted by atomic mass is 10.1. The molecule has 0 unspecified atom stereocenters. The molecule has 2 N–H and O–H groups in total. The van der Waals surface area contributed by atoms with Gasteiger partial charge in [-0.3, -0.25) is 0 Å². The largest absolute Gasteiger partial charge is 0.375 e. The summed E-state index contributed by atoms with van der Waals surface area (Å²) in [5.74, 6) is -0.184. The van der Waals surface area contributed by atoms with Crippen LogP contribution in [-0.2, 0) is 6.42 Å². The fourth-order valence-corrected chi connectivity index (χ4v) is 1.24. The highest BCUT2D eigenvalue weighted by Gasteiger charge is 2.04. The molecule has 0 spiro atoms. The van der Waals surface area contributed by atoms with Crippen molar-refractivity contribution in [3.8, 4) is 0 Å². The van der Waals surface area contributed by atoms with Crippen LogP contribution in [0.15, 0.2) is 18.2 Å². The number of rotatable bonds is 3. The van der Waals surface area contributed by atoms with Gasteiger partial charge in [-0.1, -0.05) is 6.07 Å². The van der Waals surface area contributed by atoms with Crippen molar-refractivity contribution in [1.29, 1.82) is 0 Å². The Morgan fingerprint density at radius 3 is 2.27 bits per heavy atom. The summed E-state index contributed by atoms with van der Waals surface area (Å²) < 4.78 is 13.3. The Labute approximate surface area is 102 Å². The third-order valence-corrected chi connectivity index (χ3v) is 1.93. The zero-order valence-corrected chi connectivity index (χ0v) is 10.5. The average molecular weight is 255 g/mol. The van der Waals surface area contributed by atoms with Gasteiger partial charge in [-0.2, -0.15) is 0 Å². The molecule has 0 saturated heterocycles. The summed E-state index contributed by atoms with van der Waals surface area (Å²) in [6.07, 6.45) is 0.727. The van der Waals surface area contributed by atoms with Gasteiger partial charge >= 0.3 is 0 Å². The van der Waals surface area contributed by atoms with Crippen LogP contribution in [0.5, 0.6) is 0 Å². The maximum Gasteiger partial charge on any atom is 0.146 e. The lowest BCUT2D eigenvalue weighted by Crippen LogP contribution is -2.11. The topological polar surface area (TPSA) is 29.3 Å². The van der Waals surface area contributed by atoms with Crippen LogP contribution in [0.25, 0.3) is 0 Å². The number of hydrogen-bond acceptors (Lipinski definition) is 2. The van der Waals surface area contributed by atoms with Crippen molar-refractivity contribution in [3.05, 3.63) is 29.6 Å². The first-order valence-corrected chi connectivity index (χ1v) is 4.31. The van der Waals surface area contributed by atoms with Gasteiger partial charge in [-0.05, 0) is 30.7 Å². The summed E-state index contributed by atoms with van der Waals surface area (Å²) >= 11 is 0. The molecule has 1 aromatic carbocycles. The average Bonchev–Trinajstić information content (AvgIpc) is 2.04. The second-order valence-electron chi connectivity index (χ2n) is 3.22. The van der Waals surface area contributed by atoms with Crippen LogP contribution in [0.1, 0.15) is 5.56 Å². The van der Waals surface area contributed by atoms with Gasteiger partial charge in [-0.25, -0.2) is 4.39 Å². The van der Waals surface area contributed by atoms with Crippen molar-refractivity contribution >= 4 is 30.5 Å². The first-order chi connectivity index (χ1) is 6.15. The van der Waals surface area contributed by atoms with Gasteiger partial charge in [-0.15, -0.1) is 24.8 Å². The third kappa shape index (κ3) is 4.69. The summed E-state index contributed by atoms with van der Waals surface area (Å²) in [5, 5.41) is 0. The number of nitrogens with two attached hydrogens (primary N) is 1. The normalized spacial score (nSPS) is 8.80. The van der Waals surface area contributed by atoms with Crippen molar-refractivity contribution in [1.82, 2.24) is 0 Å². The maximum absolute atomic E-state index is 13.3. The zero-order chi connectivity index (χ0) is 9.84. The fraction of sp³-hybridized carbons (Fsp3) is 0.400. The summed E-state index contributed by atoms with van der Waals surface area (Å²) in [6.45, 7) is 0.556. The van der Waals surface area contributed by atoms with E-state index in [0.717, 1.165) is 12.0 Å². The molecule has 0 aliphatic carbocycles. The molecule has 0 atom stereocenters. The molecule has 1 aromatic rings. The first-order valence-electron chi connectivity index (χ1n) is 4.31. The van der Waals surface area contributed by atoms with E-state index in [2.05, 4.69) is 0 Å². The number of nitrogens with zero attached hydrogens (tertiary/aromatic N) is 1. The Kier molecular flexibility index (Phi) is 8.72. The van der Waals surface area contributed by atoms with Crippen molar-refractivity contribution in [2.24, 2.45) is 5.73 Å². The van der Waals surface area contributed by atoms with E-state index in [0.29, 0.717) is 12.2 Å². The van der Waals surface area contributed by atoms with Gasteiger partial charge in [0.1, 0.15) is 5.82 Å². The Morgan fingerprint density at radius 2 is 1.87 bits per heavy atom. The Hall–Kier alpha value is -0.510. The summed E-state index contributed by atoms with van der Waals surface area (Å²) in [7, 11) is 3.64. The Balaban J connectivity index is 0. The molecule has 0 heterocycles. The fourth-order valence-electron chi connectivity index (χ4n) is 1.24. The molecule has 15 heavy (non-hydrogen) atoms. The van der Waals surface area contributed by atoms with E-state index in [-0.39, 0.29) is 30.6 Å². The molecule has 0 bridgehead atoms. The summed E-state index contributed by atoms with van der Waals surface area (Å²) in [4.78, 5) is 1.75. The minimum Gasteiger partial charge on any atom is -0.375 e. The van der Waals surface area contributed by atoms with E-state index >= 15 is 0 Å². The van der Waals surface area contributed by atoms with E-state index in [1.54, 1.807) is 17.0 Å². The van der Waals surface area contributed by atoms with E-state index in [1.807, 2.05) is 20.2 Å². The van der Waals surface area contributed by atoms with Crippen LogP contribution in [0.2, 0.25) is 0 Å². The highest BCUT2D eigenvalue weighted by molar-refractivity contribution is 5.85. The monoisotopic (exact) mass is 254 g/mol. The van der Waals surface area contributed by atoms with Crippen LogP contribution in [0.3, 0.4) is 0 Å². The Morgan fingerprint density at radius 1 is 1.27 bits per heavy atom.